The summed E-state index contributed by atoms with van der Waals surface area (Å²) in [5, 5.41) is 10.7. The van der Waals surface area contributed by atoms with Gasteiger partial charge in [-0.3, -0.25) is 9.59 Å². The molecule has 1 aliphatic heterocycles. The van der Waals surface area contributed by atoms with Crippen molar-refractivity contribution in [3.8, 4) is 0 Å². The third-order valence-corrected chi connectivity index (χ3v) is 5.20. The number of H-pyrrole nitrogens is 1. The van der Waals surface area contributed by atoms with Gasteiger partial charge >= 0.3 is 0 Å². The van der Waals surface area contributed by atoms with Crippen LogP contribution in [-0.2, 0) is 16.1 Å². The minimum absolute atomic E-state index is 0.0148. The summed E-state index contributed by atoms with van der Waals surface area (Å²) in [5.41, 5.74) is 0.723. The molecule has 0 aliphatic carbocycles. The summed E-state index contributed by atoms with van der Waals surface area (Å²) in [6.45, 7) is 0.149. The molecular formula is C21H18F2N2O4. The molecule has 8 heteroatoms. The third kappa shape index (κ3) is 3.30. The van der Waals surface area contributed by atoms with Gasteiger partial charge in [-0.05, 0) is 23.1 Å². The second-order valence-corrected chi connectivity index (χ2v) is 6.95. The van der Waals surface area contributed by atoms with Crippen LogP contribution in [0.25, 0.3) is 10.8 Å². The Balaban J connectivity index is 1.80. The Morgan fingerprint density at radius 2 is 1.86 bits per heavy atom. The molecule has 0 fully saturated rings. The van der Waals surface area contributed by atoms with Gasteiger partial charge in [0.05, 0.1) is 24.6 Å². The molecule has 2 aromatic carbocycles. The molecule has 150 valence electrons. The van der Waals surface area contributed by atoms with Crippen molar-refractivity contribution in [2.24, 2.45) is 0 Å². The molecule has 0 bridgehead atoms. The molecule has 0 saturated carbocycles. The van der Waals surface area contributed by atoms with Gasteiger partial charge in [-0.2, -0.15) is 0 Å². The van der Waals surface area contributed by atoms with Crippen molar-refractivity contribution in [2.45, 2.75) is 18.8 Å². The van der Waals surface area contributed by atoms with Gasteiger partial charge in [0.25, 0.3) is 11.5 Å². The zero-order valence-corrected chi connectivity index (χ0v) is 15.5. The fourth-order valence-corrected chi connectivity index (χ4v) is 3.67. The lowest BCUT2D eigenvalue weighted by atomic mass is 9.95. The molecule has 2 unspecified atom stereocenters. The van der Waals surface area contributed by atoms with Gasteiger partial charge in [-0.15, -0.1) is 0 Å². The first-order valence-electron chi connectivity index (χ1n) is 8.99. The number of carbonyl (C=O) groups is 1. The van der Waals surface area contributed by atoms with E-state index in [1.807, 2.05) is 0 Å². The SMILES string of the molecule is CN(C(=O)C(O)c1ccccc1)C1COCc2[nH]c(=O)c3cc(F)c(F)cc3c21. The number of aliphatic hydroxyl groups is 1. The fourth-order valence-electron chi connectivity index (χ4n) is 3.67. The highest BCUT2D eigenvalue weighted by molar-refractivity contribution is 5.88. The van der Waals surface area contributed by atoms with E-state index < -0.39 is 35.2 Å². The van der Waals surface area contributed by atoms with Crippen LogP contribution in [0.1, 0.15) is 29.0 Å². The van der Waals surface area contributed by atoms with Crippen LogP contribution >= 0.6 is 0 Å². The Bertz CT molecular complexity index is 1150. The summed E-state index contributed by atoms with van der Waals surface area (Å²) in [5.74, 6) is -2.80. The smallest absolute Gasteiger partial charge is 0.256 e. The van der Waals surface area contributed by atoms with Crippen molar-refractivity contribution in [1.29, 1.82) is 0 Å². The number of carbonyl (C=O) groups excluding carboxylic acids is 1. The van der Waals surface area contributed by atoms with Crippen molar-refractivity contribution in [1.82, 2.24) is 9.88 Å². The molecule has 0 saturated heterocycles. The number of aromatic nitrogens is 1. The number of aromatic amines is 1. The molecule has 2 heterocycles. The lowest BCUT2D eigenvalue weighted by Gasteiger charge is -2.34. The number of amides is 1. The molecule has 1 amide bonds. The van der Waals surface area contributed by atoms with E-state index in [-0.39, 0.29) is 24.0 Å². The second kappa shape index (κ2) is 7.38. The Hall–Kier alpha value is -3.10. The number of nitrogens with zero attached hydrogens (tertiary/aromatic N) is 1. The van der Waals surface area contributed by atoms with Crippen LogP contribution in [-0.4, -0.2) is 34.6 Å². The lowest BCUT2D eigenvalue weighted by molar-refractivity contribution is -0.143. The first-order valence-corrected chi connectivity index (χ1v) is 8.99. The predicted molar refractivity (Wildman–Crippen MR) is 101 cm³/mol. The average molecular weight is 400 g/mol. The van der Waals surface area contributed by atoms with E-state index in [1.54, 1.807) is 30.3 Å². The number of benzene rings is 2. The van der Waals surface area contributed by atoms with Crippen molar-refractivity contribution in [3.63, 3.8) is 0 Å². The van der Waals surface area contributed by atoms with Gasteiger partial charge < -0.3 is 19.7 Å². The van der Waals surface area contributed by atoms with Gasteiger partial charge in [0.2, 0.25) is 0 Å². The van der Waals surface area contributed by atoms with Crippen LogP contribution in [0.4, 0.5) is 8.78 Å². The predicted octanol–water partition coefficient (Wildman–Crippen LogP) is 2.57. The van der Waals surface area contributed by atoms with Gasteiger partial charge in [0, 0.05) is 18.3 Å². The van der Waals surface area contributed by atoms with Crippen LogP contribution in [0.2, 0.25) is 0 Å². The number of fused-ring (bicyclic) bond motifs is 3. The summed E-state index contributed by atoms with van der Waals surface area (Å²) in [6, 6.07) is 9.56. The largest absolute Gasteiger partial charge is 0.378 e. The number of hydrogen-bond acceptors (Lipinski definition) is 4. The zero-order valence-electron chi connectivity index (χ0n) is 15.5. The highest BCUT2D eigenvalue weighted by Gasteiger charge is 2.33. The molecule has 6 nitrogen and oxygen atoms in total. The number of rotatable bonds is 3. The number of pyridine rings is 1. The van der Waals surface area contributed by atoms with E-state index >= 15 is 0 Å². The maximum atomic E-state index is 13.9. The van der Waals surface area contributed by atoms with Crippen molar-refractivity contribution in [3.05, 3.63) is 81.3 Å². The molecule has 1 aromatic heterocycles. The molecule has 3 aromatic rings. The number of aliphatic hydroxyl groups excluding tert-OH is 1. The highest BCUT2D eigenvalue weighted by Crippen LogP contribution is 2.34. The first-order chi connectivity index (χ1) is 13.9. The number of likely N-dealkylation sites (N-methyl/N-ethyl adjacent to an activating group) is 1. The molecule has 4 rings (SSSR count). The summed E-state index contributed by atoms with van der Waals surface area (Å²) in [4.78, 5) is 29.1. The van der Waals surface area contributed by atoms with E-state index in [0.717, 1.165) is 12.1 Å². The van der Waals surface area contributed by atoms with E-state index in [1.165, 1.54) is 11.9 Å². The highest BCUT2D eigenvalue weighted by atomic mass is 19.2. The van der Waals surface area contributed by atoms with Crippen LogP contribution < -0.4 is 5.56 Å². The van der Waals surface area contributed by atoms with Crippen LogP contribution in [0.5, 0.6) is 0 Å². The summed E-state index contributed by atoms with van der Waals surface area (Å²) < 4.78 is 33.1. The van der Waals surface area contributed by atoms with E-state index in [2.05, 4.69) is 4.98 Å². The van der Waals surface area contributed by atoms with Crippen LogP contribution in [0.3, 0.4) is 0 Å². The van der Waals surface area contributed by atoms with E-state index in [9.17, 15) is 23.5 Å². The molecule has 2 N–H and O–H groups in total. The van der Waals surface area contributed by atoms with Crippen LogP contribution in [0, 0.1) is 11.6 Å². The molecule has 0 spiro atoms. The average Bonchev–Trinajstić information content (AvgIpc) is 2.73. The number of hydrogen-bond donors (Lipinski definition) is 2. The number of ether oxygens (including phenoxy) is 1. The molecule has 0 radical (unpaired) electrons. The monoisotopic (exact) mass is 400 g/mol. The summed E-state index contributed by atoms with van der Waals surface area (Å²) >= 11 is 0. The third-order valence-electron chi connectivity index (χ3n) is 5.20. The van der Waals surface area contributed by atoms with Gasteiger partial charge in [0.15, 0.2) is 17.7 Å². The fraction of sp³-hybridized carbons (Fsp3) is 0.238. The number of halogens is 2. The van der Waals surface area contributed by atoms with Crippen molar-refractivity contribution >= 4 is 16.7 Å². The quantitative estimate of drug-likeness (QED) is 0.708. The minimum atomic E-state index is -1.39. The van der Waals surface area contributed by atoms with Gasteiger partial charge in [-0.25, -0.2) is 8.78 Å². The van der Waals surface area contributed by atoms with Gasteiger partial charge in [0.1, 0.15) is 0 Å². The van der Waals surface area contributed by atoms with E-state index in [0.29, 0.717) is 16.8 Å². The first kappa shape index (κ1) is 19.2. The Labute approximate surface area is 164 Å². The molecular weight excluding hydrogens is 382 g/mol. The minimum Gasteiger partial charge on any atom is -0.378 e. The topological polar surface area (TPSA) is 82.6 Å². The zero-order chi connectivity index (χ0) is 20.7. The molecule has 2 atom stereocenters. The summed E-state index contributed by atoms with van der Waals surface area (Å²) in [6.07, 6.45) is -1.39. The second-order valence-electron chi connectivity index (χ2n) is 6.95. The molecule has 29 heavy (non-hydrogen) atoms. The molecule has 1 aliphatic rings. The van der Waals surface area contributed by atoms with E-state index in [4.69, 9.17) is 4.74 Å². The standard InChI is InChI=1S/C21H18F2N2O4/c1-25(21(28)19(26)11-5-3-2-4-6-11)17-10-29-9-16-18(17)12-7-14(22)15(23)8-13(12)20(27)24-16/h2-8,17,19,26H,9-10H2,1H3,(H,24,27). The van der Waals surface area contributed by atoms with Crippen LogP contribution in [0.15, 0.2) is 47.3 Å². The Morgan fingerprint density at radius 3 is 2.55 bits per heavy atom. The maximum absolute atomic E-state index is 13.9. The maximum Gasteiger partial charge on any atom is 0.256 e. The number of nitrogens with one attached hydrogen (secondary N) is 1. The Morgan fingerprint density at radius 1 is 1.21 bits per heavy atom. The van der Waals surface area contributed by atoms with Crippen molar-refractivity contribution < 1.29 is 23.4 Å². The normalized spacial score (nSPS) is 17.0. The van der Waals surface area contributed by atoms with Gasteiger partial charge in [-0.1, -0.05) is 30.3 Å². The van der Waals surface area contributed by atoms with Crippen molar-refractivity contribution in [2.75, 3.05) is 13.7 Å². The lowest BCUT2D eigenvalue weighted by Crippen LogP contribution is -2.40. The summed E-state index contributed by atoms with van der Waals surface area (Å²) in [7, 11) is 1.49. The Kier molecular flexibility index (Phi) is 4.89.